The number of pyridine rings is 1. The quantitative estimate of drug-likeness (QED) is 0.320. The number of aromatic amines is 1. The number of nitrogen functional groups attached to an aromatic ring is 1. The summed E-state index contributed by atoms with van der Waals surface area (Å²) in [5.74, 6) is 1.13. The zero-order valence-corrected chi connectivity index (χ0v) is 21.8. The number of nitrogens with zero attached hydrogens (tertiary/aromatic N) is 9. The minimum Gasteiger partial charge on any atom is -0.383 e. The highest BCUT2D eigenvalue weighted by Crippen LogP contribution is 2.43. The van der Waals surface area contributed by atoms with E-state index in [0.29, 0.717) is 35.7 Å². The van der Waals surface area contributed by atoms with Crippen LogP contribution in [0, 0.1) is 5.92 Å². The molecule has 8 rings (SSSR count). The predicted molar refractivity (Wildman–Crippen MR) is 144 cm³/mol. The number of carbonyl (C=O) groups is 2. The molecule has 3 N–H and O–H groups in total. The number of fused-ring (bicyclic) bond motifs is 5. The third-order valence-electron chi connectivity index (χ3n) is 8.10. The van der Waals surface area contributed by atoms with Crippen LogP contribution in [-0.2, 0) is 0 Å². The lowest BCUT2D eigenvalue weighted by Gasteiger charge is -2.36. The number of anilines is 1. The van der Waals surface area contributed by atoms with Gasteiger partial charge < -0.3 is 10.6 Å². The Kier molecular flexibility index (Phi) is 5.65. The largest absolute Gasteiger partial charge is 0.383 e. The van der Waals surface area contributed by atoms with Crippen molar-refractivity contribution < 1.29 is 9.59 Å². The summed E-state index contributed by atoms with van der Waals surface area (Å²) in [5.41, 5.74) is 9.82. The summed E-state index contributed by atoms with van der Waals surface area (Å²) in [6, 6.07) is 5.66. The van der Waals surface area contributed by atoms with Crippen molar-refractivity contribution in [1.82, 2.24) is 49.4 Å². The maximum absolute atomic E-state index is 13.2. The molecule has 13 nitrogen and oxygen atoms in total. The standard InChI is InChI=1S/C27H27N11O2/c1-15(39)22-23(18-9-16-3-5-19(10-18)36(13-16)27(40)25-30-14-31-35-25)34-26-20(12-33-38(26)24(22)28)17-4-6-21(29-11-17)37-8-2-7-32-37/h2,4,6-8,11-12,14,16,18-19H,3,5,9-10,13,28H2,1H3,(H,30,31,35). The van der Waals surface area contributed by atoms with Gasteiger partial charge in [-0.25, -0.2) is 19.6 Å². The number of amides is 1. The molecule has 5 aromatic rings. The molecule has 3 unspecified atom stereocenters. The van der Waals surface area contributed by atoms with Crippen LogP contribution < -0.4 is 5.73 Å². The van der Waals surface area contributed by atoms with Gasteiger partial charge in [-0.3, -0.25) is 14.7 Å². The average molecular weight is 538 g/mol. The molecular weight excluding hydrogens is 510 g/mol. The lowest BCUT2D eigenvalue weighted by atomic mass is 9.88. The van der Waals surface area contributed by atoms with Crippen LogP contribution in [0.15, 0.2) is 49.3 Å². The van der Waals surface area contributed by atoms with Crippen LogP contribution in [-0.4, -0.2) is 73.7 Å². The first-order valence-electron chi connectivity index (χ1n) is 13.3. The number of hydrogen-bond donors (Lipinski definition) is 2. The molecular formula is C27H27N11O2. The van der Waals surface area contributed by atoms with Gasteiger partial charge in [-0.05, 0) is 56.7 Å². The Morgan fingerprint density at radius 2 is 2.00 bits per heavy atom. The number of piperidine rings is 1. The van der Waals surface area contributed by atoms with Crippen LogP contribution in [0.2, 0.25) is 0 Å². The summed E-state index contributed by atoms with van der Waals surface area (Å²) in [5, 5.41) is 15.2. The topological polar surface area (TPSA) is 166 Å². The van der Waals surface area contributed by atoms with E-state index in [1.54, 1.807) is 23.3 Å². The molecule has 1 aliphatic carbocycles. The van der Waals surface area contributed by atoms with Crippen LogP contribution in [0.1, 0.15) is 65.2 Å². The fourth-order valence-electron chi connectivity index (χ4n) is 6.26. The molecule has 3 atom stereocenters. The second-order valence-electron chi connectivity index (χ2n) is 10.5. The van der Waals surface area contributed by atoms with E-state index < -0.39 is 0 Å². The maximum atomic E-state index is 13.2. The molecule has 40 heavy (non-hydrogen) atoms. The van der Waals surface area contributed by atoms with E-state index in [0.717, 1.165) is 30.4 Å². The normalized spacial score (nSPS) is 20.6. The molecule has 0 radical (unpaired) electrons. The van der Waals surface area contributed by atoms with Gasteiger partial charge in [0.2, 0.25) is 5.82 Å². The summed E-state index contributed by atoms with van der Waals surface area (Å²) >= 11 is 0. The van der Waals surface area contributed by atoms with Crippen molar-refractivity contribution in [3.8, 4) is 16.9 Å². The molecule has 1 amide bonds. The molecule has 7 heterocycles. The third kappa shape index (κ3) is 3.92. The first-order valence-corrected chi connectivity index (χ1v) is 13.3. The van der Waals surface area contributed by atoms with Gasteiger partial charge in [0.15, 0.2) is 17.2 Å². The fourth-order valence-corrected chi connectivity index (χ4v) is 6.26. The molecule has 2 bridgehead atoms. The first-order chi connectivity index (χ1) is 19.5. The summed E-state index contributed by atoms with van der Waals surface area (Å²) in [4.78, 5) is 41.7. The maximum Gasteiger partial charge on any atom is 0.291 e. The Bertz CT molecular complexity index is 1710. The van der Waals surface area contributed by atoms with Crippen LogP contribution in [0.4, 0.5) is 5.82 Å². The number of rotatable bonds is 5. The highest BCUT2D eigenvalue weighted by Gasteiger charge is 2.41. The number of H-pyrrole nitrogens is 1. The Morgan fingerprint density at radius 1 is 1.10 bits per heavy atom. The Hall–Kier alpha value is -4.94. The van der Waals surface area contributed by atoms with Gasteiger partial charge in [0.25, 0.3) is 5.91 Å². The van der Waals surface area contributed by atoms with E-state index in [1.165, 1.54) is 17.8 Å². The van der Waals surface area contributed by atoms with Gasteiger partial charge in [-0.1, -0.05) is 0 Å². The minimum absolute atomic E-state index is 0.00355. The van der Waals surface area contributed by atoms with Crippen molar-refractivity contribution in [3.05, 3.63) is 66.4 Å². The van der Waals surface area contributed by atoms with Gasteiger partial charge in [-0.2, -0.15) is 19.8 Å². The zero-order chi connectivity index (χ0) is 27.4. The molecule has 3 aliphatic rings. The smallest absolute Gasteiger partial charge is 0.291 e. The Balaban J connectivity index is 1.28. The number of carbonyl (C=O) groups excluding carboxylic acids is 2. The van der Waals surface area contributed by atoms with Gasteiger partial charge in [0.1, 0.15) is 12.1 Å². The Labute approximate surface area is 228 Å². The van der Waals surface area contributed by atoms with Crippen LogP contribution >= 0.6 is 0 Å². The summed E-state index contributed by atoms with van der Waals surface area (Å²) in [6.07, 6.45) is 11.7. The predicted octanol–water partition coefficient (Wildman–Crippen LogP) is 2.68. The van der Waals surface area contributed by atoms with Crippen molar-refractivity contribution in [1.29, 1.82) is 0 Å². The van der Waals surface area contributed by atoms with Gasteiger partial charge in [0, 0.05) is 48.2 Å². The molecule has 0 spiro atoms. The number of aromatic nitrogens is 9. The van der Waals surface area contributed by atoms with Gasteiger partial charge in [0.05, 0.1) is 17.5 Å². The summed E-state index contributed by atoms with van der Waals surface area (Å²) < 4.78 is 3.21. The average Bonchev–Trinajstić information content (AvgIpc) is 3.72. The first kappa shape index (κ1) is 24.1. The molecule has 202 valence electrons. The van der Waals surface area contributed by atoms with Crippen LogP contribution in [0.25, 0.3) is 22.6 Å². The van der Waals surface area contributed by atoms with Crippen molar-refractivity contribution in [3.63, 3.8) is 0 Å². The summed E-state index contributed by atoms with van der Waals surface area (Å²) in [6.45, 7) is 2.15. The molecule has 0 aromatic carbocycles. The monoisotopic (exact) mass is 537 g/mol. The van der Waals surface area contributed by atoms with E-state index in [9.17, 15) is 9.59 Å². The van der Waals surface area contributed by atoms with Crippen molar-refractivity contribution in [2.45, 2.75) is 44.6 Å². The zero-order valence-electron chi connectivity index (χ0n) is 21.8. The summed E-state index contributed by atoms with van der Waals surface area (Å²) in [7, 11) is 0. The van der Waals surface area contributed by atoms with Gasteiger partial charge >= 0.3 is 0 Å². The van der Waals surface area contributed by atoms with Crippen molar-refractivity contribution in [2.24, 2.45) is 5.92 Å². The van der Waals surface area contributed by atoms with Crippen LogP contribution in [0.3, 0.4) is 0 Å². The molecule has 1 saturated carbocycles. The fraction of sp³-hybridized carbons (Fsp3) is 0.333. The number of hydrogen-bond acceptors (Lipinski definition) is 9. The minimum atomic E-state index is -0.157. The van der Waals surface area contributed by atoms with Crippen molar-refractivity contribution >= 4 is 23.2 Å². The Morgan fingerprint density at radius 3 is 2.73 bits per heavy atom. The number of Topliss-reactive ketones (excluding diaryl/α,β-unsaturated/α-hetero) is 1. The highest BCUT2D eigenvalue weighted by atomic mass is 16.2. The van der Waals surface area contributed by atoms with E-state index in [2.05, 4.69) is 30.4 Å². The molecule has 2 saturated heterocycles. The number of nitrogens with one attached hydrogen (secondary N) is 1. The second kappa shape index (κ2) is 9.36. The van der Waals surface area contributed by atoms with Gasteiger partial charge in [-0.15, -0.1) is 0 Å². The van der Waals surface area contributed by atoms with E-state index in [1.807, 2.05) is 29.3 Å². The van der Waals surface area contributed by atoms with Crippen LogP contribution in [0.5, 0.6) is 0 Å². The van der Waals surface area contributed by atoms with E-state index in [-0.39, 0.29) is 41.2 Å². The lowest BCUT2D eigenvalue weighted by Crippen LogP contribution is -2.45. The lowest BCUT2D eigenvalue weighted by molar-refractivity contribution is 0.0557. The highest BCUT2D eigenvalue weighted by molar-refractivity contribution is 6.00. The van der Waals surface area contributed by atoms with Crippen molar-refractivity contribution in [2.75, 3.05) is 12.3 Å². The third-order valence-corrected chi connectivity index (χ3v) is 8.10. The second-order valence-corrected chi connectivity index (χ2v) is 10.5. The molecule has 5 aromatic heterocycles. The SMILES string of the molecule is CC(=O)c1c(C2CC3CCC(C2)N(C(=O)c2ncn[nH]2)C3)nc2c(-c3ccc(-n4cccn4)nc3)cnn2c1N. The van der Waals surface area contributed by atoms with E-state index >= 15 is 0 Å². The molecule has 3 fully saturated rings. The molecule has 2 aliphatic heterocycles. The number of nitrogens with two attached hydrogens (primary N) is 1. The number of ketones is 1. The van der Waals surface area contributed by atoms with E-state index in [4.69, 9.17) is 10.7 Å². The molecule has 13 heteroatoms.